The second kappa shape index (κ2) is 5.51. The van der Waals surface area contributed by atoms with Gasteiger partial charge in [-0.1, -0.05) is 12.1 Å². The van der Waals surface area contributed by atoms with Crippen molar-refractivity contribution in [3.8, 4) is 0 Å². The average Bonchev–Trinajstić information content (AvgIpc) is 2.30. The zero-order valence-electron chi connectivity index (χ0n) is 9.68. The van der Waals surface area contributed by atoms with E-state index >= 15 is 0 Å². The number of anilines is 1. The number of carbonyl (C=O) groups is 1. The molecular weight excluding hydrogens is 204 g/mol. The molecule has 1 aromatic rings. The summed E-state index contributed by atoms with van der Waals surface area (Å²) in [5.74, 6) is -1.00. The van der Waals surface area contributed by atoms with Crippen LogP contribution in [-0.2, 0) is 4.79 Å². The van der Waals surface area contributed by atoms with E-state index in [1.165, 1.54) is 0 Å². The van der Waals surface area contributed by atoms with Crippen LogP contribution in [0.4, 0.5) is 5.69 Å². The highest BCUT2D eigenvalue weighted by Gasteiger charge is 2.13. The third-order valence-corrected chi connectivity index (χ3v) is 2.65. The summed E-state index contributed by atoms with van der Waals surface area (Å²) >= 11 is 0. The van der Waals surface area contributed by atoms with Crippen LogP contribution in [0, 0.1) is 0 Å². The van der Waals surface area contributed by atoms with Gasteiger partial charge in [0.1, 0.15) is 6.04 Å². The highest BCUT2D eigenvalue weighted by molar-refractivity contribution is 5.75. The van der Waals surface area contributed by atoms with Gasteiger partial charge in [0.15, 0.2) is 0 Å². The molecule has 0 saturated heterocycles. The largest absolute Gasteiger partial charge is 0.480 e. The smallest absolute Gasteiger partial charge is 0.325 e. The Kier molecular flexibility index (Phi) is 4.31. The first-order chi connectivity index (χ1) is 7.60. The summed E-state index contributed by atoms with van der Waals surface area (Å²) < 4.78 is 0. The monoisotopic (exact) mass is 222 g/mol. The molecule has 0 aliphatic heterocycles. The predicted molar refractivity (Wildman–Crippen MR) is 64.6 cm³/mol. The van der Waals surface area contributed by atoms with E-state index in [9.17, 15) is 4.79 Å². The lowest BCUT2D eigenvalue weighted by molar-refractivity contribution is -0.138. The third-order valence-electron chi connectivity index (χ3n) is 2.65. The Labute approximate surface area is 95.7 Å². The molecule has 0 fully saturated rings. The fraction of sp³-hybridized carbons (Fsp3) is 0.417. The lowest BCUT2D eigenvalue weighted by atomic mass is 10.1. The van der Waals surface area contributed by atoms with Gasteiger partial charge in [-0.3, -0.25) is 4.79 Å². The van der Waals surface area contributed by atoms with Crippen molar-refractivity contribution >= 4 is 11.7 Å². The van der Waals surface area contributed by atoms with Crippen LogP contribution in [0.5, 0.6) is 0 Å². The number of rotatable bonds is 5. The fourth-order valence-corrected chi connectivity index (χ4v) is 1.62. The molecule has 1 aromatic carbocycles. The highest BCUT2D eigenvalue weighted by Crippen LogP contribution is 2.18. The molecule has 0 aromatic heterocycles. The van der Waals surface area contributed by atoms with E-state index in [2.05, 4.69) is 18.7 Å². The van der Waals surface area contributed by atoms with Crippen LogP contribution in [0.15, 0.2) is 24.3 Å². The number of benzene rings is 1. The van der Waals surface area contributed by atoms with Gasteiger partial charge in [-0.25, -0.2) is 0 Å². The first-order valence-electron chi connectivity index (χ1n) is 5.43. The Morgan fingerprint density at radius 2 is 1.81 bits per heavy atom. The van der Waals surface area contributed by atoms with Crippen LogP contribution in [0.1, 0.15) is 25.5 Å². The number of hydrogen-bond acceptors (Lipinski definition) is 3. The van der Waals surface area contributed by atoms with Crippen LogP contribution < -0.4 is 10.6 Å². The van der Waals surface area contributed by atoms with Gasteiger partial charge in [0.05, 0.1) is 0 Å². The summed E-state index contributed by atoms with van der Waals surface area (Å²) in [7, 11) is 0. The molecule has 1 atom stereocenters. The van der Waals surface area contributed by atoms with Crippen LogP contribution >= 0.6 is 0 Å². The second-order valence-corrected chi connectivity index (χ2v) is 3.58. The SMILES string of the molecule is CCN(CC)c1ccc([C@H](N)C(=O)O)cc1. The number of carboxylic acids is 1. The predicted octanol–water partition coefficient (Wildman–Crippen LogP) is 1.62. The van der Waals surface area contributed by atoms with Crippen LogP contribution in [0.2, 0.25) is 0 Å². The molecule has 88 valence electrons. The van der Waals surface area contributed by atoms with E-state index in [1.807, 2.05) is 12.1 Å². The summed E-state index contributed by atoms with van der Waals surface area (Å²) in [4.78, 5) is 12.9. The Morgan fingerprint density at radius 3 is 2.19 bits per heavy atom. The standard InChI is InChI=1S/C12H18N2O2/c1-3-14(4-2)10-7-5-9(6-8-10)11(13)12(15)16/h5-8,11H,3-4,13H2,1-2H3,(H,15,16)/t11-/m0/s1. The molecule has 0 bridgehead atoms. The topological polar surface area (TPSA) is 66.6 Å². The fourth-order valence-electron chi connectivity index (χ4n) is 1.62. The van der Waals surface area contributed by atoms with Crippen LogP contribution in [-0.4, -0.2) is 24.2 Å². The maximum atomic E-state index is 10.7. The number of hydrogen-bond donors (Lipinski definition) is 2. The minimum atomic E-state index is -1.00. The minimum absolute atomic E-state index is 0.628. The van der Waals surface area contributed by atoms with Crippen molar-refractivity contribution < 1.29 is 9.90 Å². The first kappa shape index (κ1) is 12.5. The number of aliphatic carboxylic acids is 1. The normalized spacial score (nSPS) is 12.2. The Bertz CT molecular complexity index is 345. The molecule has 0 amide bonds. The van der Waals surface area contributed by atoms with Crippen LogP contribution in [0.3, 0.4) is 0 Å². The van der Waals surface area contributed by atoms with E-state index in [1.54, 1.807) is 12.1 Å². The van der Waals surface area contributed by atoms with E-state index < -0.39 is 12.0 Å². The van der Waals surface area contributed by atoms with Gasteiger partial charge in [-0.05, 0) is 31.5 Å². The summed E-state index contributed by atoms with van der Waals surface area (Å²) in [5, 5.41) is 8.77. The molecule has 0 spiro atoms. The van der Waals surface area contributed by atoms with Crippen molar-refractivity contribution in [2.24, 2.45) is 5.73 Å². The number of nitrogens with two attached hydrogens (primary N) is 1. The summed E-state index contributed by atoms with van der Waals surface area (Å²) in [6.45, 7) is 6.03. The molecule has 4 nitrogen and oxygen atoms in total. The lowest BCUT2D eigenvalue weighted by Gasteiger charge is -2.21. The summed E-state index contributed by atoms with van der Waals surface area (Å²) in [6, 6.07) is 6.42. The van der Waals surface area contributed by atoms with Crippen molar-refractivity contribution in [2.75, 3.05) is 18.0 Å². The second-order valence-electron chi connectivity index (χ2n) is 3.58. The van der Waals surface area contributed by atoms with Gasteiger partial charge in [-0.15, -0.1) is 0 Å². The van der Waals surface area contributed by atoms with Gasteiger partial charge in [-0.2, -0.15) is 0 Å². The Balaban J connectivity index is 2.86. The van der Waals surface area contributed by atoms with E-state index in [-0.39, 0.29) is 0 Å². The van der Waals surface area contributed by atoms with Gasteiger partial charge in [0, 0.05) is 18.8 Å². The molecule has 0 saturated carbocycles. The number of carboxylic acid groups (broad SMARTS) is 1. The average molecular weight is 222 g/mol. The molecule has 0 aliphatic carbocycles. The highest BCUT2D eigenvalue weighted by atomic mass is 16.4. The first-order valence-corrected chi connectivity index (χ1v) is 5.43. The van der Waals surface area contributed by atoms with Gasteiger partial charge < -0.3 is 15.7 Å². The molecule has 0 unspecified atom stereocenters. The van der Waals surface area contributed by atoms with E-state index in [4.69, 9.17) is 10.8 Å². The molecular formula is C12H18N2O2. The quantitative estimate of drug-likeness (QED) is 0.794. The lowest BCUT2D eigenvalue weighted by Crippen LogP contribution is -2.23. The van der Waals surface area contributed by atoms with Crippen molar-refractivity contribution in [1.82, 2.24) is 0 Å². The van der Waals surface area contributed by atoms with Crippen molar-refractivity contribution in [1.29, 1.82) is 0 Å². The zero-order chi connectivity index (χ0) is 12.1. The van der Waals surface area contributed by atoms with Crippen molar-refractivity contribution in [2.45, 2.75) is 19.9 Å². The maximum Gasteiger partial charge on any atom is 0.325 e. The minimum Gasteiger partial charge on any atom is -0.480 e. The van der Waals surface area contributed by atoms with E-state index in [0.29, 0.717) is 5.56 Å². The van der Waals surface area contributed by atoms with Gasteiger partial charge in [0.25, 0.3) is 0 Å². The Hall–Kier alpha value is -1.55. The van der Waals surface area contributed by atoms with Gasteiger partial charge in [0.2, 0.25) is 0 Å². The zero-order valence-corrected chi connectivity index (χ0v) is 9.68. The molecule has 0 heterocycles. The molecule has 3 N–H and O–H groups in total. The third kappa shape index (κ3) is 2.73. The van der Waals surface area contributed by atoms with Crippen molar-refractivity contribution in [3.63, 3.8) is 0 Å². The summed E-state index contributed by atoms with van der Waals surface area (Å²) in [6.07, 6.45) is 0. The van der Waals surface area contributed by atoms with Crippen molar-refractivity contribution in [3.05, 3.63) is 29.8 Å². The van der Waals surface area contributed by atoms with Crippen LogP contribution in [0.25, 0.3) is 0 Å². The Morgan fingerprint density at radius 1 is 1.31 bits per heavy atom. The molecule has 4 heteroatoms. The van der Waals surface area contributed by atoms with Gasteiger partial charge >= 0.3 is 5.97 Å². The maximum absolute atomic E-state index is 10.7. The summed E-state index contributed by atoms with van der Waals surface area (Å²) in [5.41, 5.74) is 7.23. The molecule has 1 rings (SSSR count). The van der Waals surface area contributed by atoms with E-state index in [0.717, 1.165) is 18.8 Å². The molecule has 16 heavy (non-hydrogen) atoms. The number of nitrogens with zero attached hydrogens (tertiary/aromatic N) is 1. The molecule has 0 radical (unpaired) electrons. The molecule has 0 aliphatic rings.